The van der Waals surface area contributed by atoms with E-state index < -0.39 is 32.6 Å². The van der Waals surface area contributed by atoms with Gasteiger partial charge in [0.1, 0.15) is 10.7 Å². The predicted octanol–water partition coefficient (Wildman–Crippen LogP) is 2.13. The van der Waals surface area contributed by atoms with E-state index in [2.05, 4.69) is 0 Å². The Morgan fingerprint density at radius 1 is 1.07 bits per heavy atom. The summed E-state index contributed by atoms with van der Waals surface area (Å²) in [6.07, 6.45) is 1.36. The summed E-state index contributed by atoms with van der Waals surface area (Å²) in [4.78, 5) is 25.1. The number of para-hydroxylation sites is 1. The van der Waals surface area contributed by atoms with Crippen LogP contribution in [0.4, 0.5) is 10.1 Å². The summed E-state index contributed by atoms with van der Waals surface area (Å²) in [5.41, 5.74) is 5.75. The van der Waals surface area contributed by atoms with E-state index in [1.807, 2.05) is 0 Å². The molecule has 1 saturated heterocycles. The highest BCUT2D eigenvalue weighted by Gasteiger charge is 2.31. The molecule has 1 aliphatic heterocycles. The van der Waals surface area contributed by atoms with E-state index in [4.69, 9.17) is 5.73 Å². The molecule has 0 atom stereocenters. The number of hydrogen-bond donors (Lipinski definition) is 1. The fourth-order valence-electron chi connectivity index (χ4n) is 3.24. The van der Waals surface area contributed by atoms with E-state index in [0.717, 1.165) is 12.1 Å². The zero-order valence-electron chi connectivity index (χ0n) is 15.8. The van der Waals surface area contributed by atoms with Crippen molar-refractivity contribution >= 4 is 27.5 Å². The molecule has 154 valence electrons. The molecule has 2 aromatic rings. The number of rotatable bonds is 7. The van der Waals surface area contributed by atoms with Gasteiger partial charge in [-0.3, -0.25) is 9.59 Å². The minimum absolute atomic E-state index is 0.0116. The number of benzene rings is 2. The third-order valence-electron chi connectivity index (χ3n) is 4.76. The predicted molar refractivity (Wildman–Crippen MR) is 106 cm³/mol. The summed E-state index contributed by atoms with van der Waals surface area (Å²) in [5, 5.41) is 0. The minimum atomic E-state index is -4.03. The second-order valence-electron chi connectivity index (χ2n) is 6.77. The molecule has 0 spiro atoms. The Hall–Kier alpha value is -2.78. The summed E-state index contributed by atoms with van der Waals surface area (Å²) in [6, 6.07) is 11.9. The number of halogens is 1. The lowest BCUT2D eigenvalue weighted by Crippen LogP contribution is -2.34. The topological polar surface area (TPSA) is 101 Å². The lowest BCUT2D eigenvalue weighted by atomic mass is 10.1. The Bertz CT molecular complexity index is 1010. The maximum atomic E-state index is 14.4. The van der Waals surface area contributed by atoms with Crippen molar-refractivity contribution in [3.63, 3.8) is 0 Å². The van der Waals surface area contributed by atoms with Gasteiger partial charge in [-0.15, -0.1) is 0 Å². The van der Waals surface area contributed by atoms with Crippen molar-refractivity contribution in [2.45, 2.75) is 24.2 Å². The van der Waals surface area contributed by atoms with Gasteiger partial charge < -0.3 is 10.6 Å². The molecule has 29 heavy (non-hydrogen) atoms. The Labute approximate surface area is 169 Å². The first-order valence-electron chi connectivity index (χ1n) is 9.25. The third kappa shape index (κ3) is 4.63. The lowest BCUT2D eigenvalue weighted by molar-refractivity contribution is -0.117. The number of nitrogens with zero attached hydrogens (tertiary/aromatic N) is 2. The Morgan fingerprint density at radius 2 is 1.72 bits per heavy atom. The van der Waals surface area contributed by atoms with Crippen molar-refractivity contribution in [1.29, 1.82) is 0 Å². The van der Waals surface area contributed by atoms with Crippen molar-refractivity contribution in [3.05, 3.63) is 59.9 Å². The normalized spacial score (nSPS) is 14.7. The summed E-state index contributed by atoms with van der Waals surface area (Å²) in [5.74, 6) is -2.03. The molecule has 0 saturated carbocycles. The van der Waals surface area contributed by atoms with Crippen LogP contribution >= 0.6 is 0 Å². The molecule has 2 aromatic carbocycles. The van der Waals surface area contributed by atoms with Crippen molar-refractivity contribution in [2.24, 2.45) is 5.73 Å². The van der Waals surface area contributed by atoms with Crippen LogP contribution in [0.15, 0.2) is 53.4 Å². The molecule has 1 fully saturated rings. The molecule has 0 unspecified atom stereocenters. The van der Waals surface area contributed by atoms with Gasteiger partial charge in [0.25, 0.3) is 5.91 Å². The zero-order valence-corrected chi connectivity index (χ0v) is 16.6. The molecule has 2 N–H and O–H groups in total. The number of anilines is 1. The van der Waals surface area contributed by atoms with Gasteiger partial charge in [0.15, 0.2) is 0 Å². The molecule has 0 aromatic heterocycles. The molecule has 1 heterocycles. The van der Waals surface area contributed by atoms with Crippen LogP contribution in [-0.4, -0.2) is 44.2 Å². The van der Waals surface area contributed by atoms with E-state index in [1.165, 1.54) is 15.3 Å². The van der Waals surface area contributed by atoms with Gasteiger partial charge in [-0.2, -0.15) is 4.31 Å². The van der Waals surface area contributed by atoms with Gasteiger partial charge in [0, 0.05) is 37.3 Å². The number of carbonyl (C=O) groups excluding carboxylic acids is 2. The maximum Gasteiger partial charge on any atom is 0.258 e. The molecule has 3 rings (SSSR count). The molecule has 1 aliphatic rings. The molecular weight excluding hydrogens is 397 g/mol. The monoisotopic (exact) mass is 419 g/mol. The summed E-state index contributed by atoms with van der Waals surface area (Å²) >= 11 is 0. The molecular formula is C20H22FN3O4S. The number of primary amides is 1. The average molecular weight is 419 g/mol. The SMILES string of the molecule is NC(=O)CCN(C(=O)c1ccc(F)c(S(=O)(=O)N2CCCC2)c1)c1ccccc1. The molecule has 0 radical (unpaired) electrons. The third-order valence-corrected chi connectivity index (χ3v) is 6.67. The van der Waals surface area contributed by atoms with Gasteiger partial charge >= 0.3 is 0 Å². The van der Waals surface area contributed by atoms with E-state index in [1.54, 1.807) is 30.3 Å². The molecule has 7 nitrogen and oxygen atoms in total. The summed E-state index contributed by atoms with van der Waals surface area (Å²) in [6.45, 7) is 0.674. The van der Waals surface area contributed by atoms with Crippen LogP contribution in [0.1, 0.15) is 29.6 Å². The summed E-state index contributed by atoms with van der Waals surface area (Å²) in [7, 11) is -4.03. The highest BCUT2D eigenvalue weighted by atomic mass is 32.2. The van der Waals surface area contributed by atoms with Crippen LogP contribution in [-0.2, 0) is 14.8 Å². The van der Waals surface area contributed by atoms with Gasteiger partial charge in [-0.25, -0.2) is 12.8 Å². The van der Waals surface area contributed by atoms with Crippen molar-refractivity contribution < 1.29 is 22.4 Å². The second kappa shape index (κ2) is 8.71. The van der Waals surface area contributed by atoms with Crippen LogP contribution in [0.3, 0.4) is 0 Å². The van der Waals surface area contributed by atoms with Gasteiger partial charge in [0.2, 0.25) is 15.9 Å². The second-order valence-corrected chi connectivity index (χ2v) is 8.67. The number of sulfonamides is 1. The maximum absolute atomic E-state index is 14.4. The van der Waals surface area contributed by atoms with Gasteiger partial charge in [-0.05, 0) is 43.2 Å². The highest BCUT2D eigenvalue weighted by molar-refractivity contribution is 7.89. The zero-order chi connectivity index (χ0) is 21.0. The lowest BCUT2D eigenvalue weighted by Gasteiger charge is -2.23. The quantitative estimate of drug-likeness (QED) is 0.743. The van der Waals surface area contributed by atoms with Gasteiger partial charge in [0.05, 0.1) is 0 Å². The van der Waals surface area contributed by atoms with Crippen molar-refractivity contribution in [1.82, 2.24) is 4.31 Å². The molecule has 0 bridgehead atoms. The summed E-state index contributed by atoms with van der Waals surface area (Å²) < 4.78 is 41.2. The molecule has 2 amide bonds. The number of nitrogens with two attached hydrogens (primary N) is 1. The van der Waals surface area contributed by atoms with E-state index >= 15 is 0 Å². The van der Waals surface area contributed by atoms with Crippen LogP contribution < -0.4 is 10.6 Å². The Morgan fingerprint density at radius 3 is 2.34 bits per heavy atom. The van der Waals surface area contributed by atoms with E-state index in [9.17, 15) is 22.4 Å². The minimum Gasteiger partial charge on any atom is -0.370 e. The average Bonchev–Trinajstić information content (AvgIpc) is 3.24. The largest absolute Gasteiger partial charge is 0.370 e. The first-order chi connectivity index (χ1) is 13.8. The molecule has 9 heteroatoms. The fraction of sp³-hybridized carbons (Fsp3) is 0.300. The molecule has 0 aliphatic carbocycles. The Kier molecular flexibility index (Phi) is 6.29. The van der Waals surface area contributed by atoms with Crippen LogP contribution in [0.2, 0.25) is 0 Å². The fourth-order valence-corrected chi connectivity index (χ4v) is 4.84. The van der Waals surface area contributed by atoms with Crippen LogP contribution in [0.5, 0.6) is 0 Å². The van der Waals surface area contributed by atoms with Crippen LogP contribution in [0, 0.1) is 5.82 Å². The number of amides is 2. The number of hydrogen-bond acceptors (Lipinski definition) is 4. The highest BCUT2D eigenvalue weighted by Crippen LogP contribution is 2.25. The first kappa shape index (κ1) is 20.9. The number of carbonyl (C=O) groups is 2. The van der Waals surface area contributed by atoms with Crippen LogP contribution in [0.25, 0.3) is 0 Å². The standard InChI is InChI=1S/C20H22FN3O4S/c21-17-9-8-15(14-18(17)29(27,28)23-11-4-5-12-23)20(26)24(13-10-19(22)25)16-6-2-1-3-7-16/h1-3,6-9,14H,4-5,10-13H2,(H2,22,25). The van der Waals surface area contributed by atoms with Crippen molar-refractivity contribution in [2.75, 3.05) is 24.5 Å². The van der Waals surface area contributed by atoms with Crippen molar-refractivity contribution in [3.8, 4) is 0 Å². The Balaban J connectivity index is 1.97. The van der Waals surface area contributed by atoms with Gasteiger partial charge in [-0.1, -0.05) is 18.2 Å². The smallest absolute Gasteiger partial charge is 0.258 e. The van der Waals surface area contributed by atoms with E-state index in [0.29, 0.717) is 31.6 Å². The first-order valence-corrected chi connectivity index (χ1v) is 10.7. The van der Waals surface area contributed by atoms with E-state index in [-0.39, 0.29) is 18.5 Å².